The maximum atomic E-state index is 9.81. The fourth-order valence-corrected chi connectivity index (χ4v) is 0.204. The van der Waals surface area contributed by atoms with Crippen LogP contribution in [0.1, 0.15) is 20.3 Å². The van der Waals surface area contributed by atoms with E-state index in [9.17, 15) is 9.59 Å². The molecular weight excluding hydrogens is 134 g/mol. The van der Waals surface area contributed by atoms with E-state index in [-0.39, 0.29) is 6.42 Å². The number of carbonyl (C=O) groups excluding carboxylic acids is 1. The van der Waals surface area contributed by atoms with Gasteiger partial charge in [-0.2, -0.15) is 0 Å². The summed E-state index contributed by atoms with van der Waals surface area (Å²) in [6, 6.07) is -1.03. The predicted molar refractivity (Wildman–Crippen MR) is 37.6 cm³/mol. The van der Waals surface area contributed by atoms with Crippen LogP contribution in [-0.4, -0.2) is 23.4 Å². The number of aldehydes is 1. The van der Waals surface area contributed by atoms with E-state index in [2.05, 4.69) is 0 Å². The van der Waals surface area contributed by atoms with Crippen molar-refractivity contribution in [2.75, 3.05) is 0 Å². The summed E-state index contributed by atoms with van der Waals surface area (Å²) in [4.78, 5) is 19.4. The second kappa shape index (κ2) is 8.10. The minimum atomic E-state index is -1.14. The molecule has 0 amide bonds. The molecule has 0 aliphatic rings. The fraction of sp³-hybridized carbons (Fsp3) is 0.667. The Bertz CT molecular complexity index is 103. The van der Waals surface area contributed by atoms with E-state index in [0.29, 0.717) is 6.29 Å². The van der Waals surface area contributed by atoms with Gasteiger partial charge in [0.1, 0.15) is 12.3 Å². The van der Waals surface area contributed by atoms with E-state index < -0.39 is 12.0 Å². The molecule has 0 heterocycles. The van der Waals surface area contributed by atoms with Gasteiger partial charge in [0.15, 0.2) is 0 Å². The number of nitrogens with two attached hydrogens (primary N) is 1. The van der Waals surface area contributed by atoms with Crippen LogP contribution < -0.4 is 5.73 Å². The quantitative estimate of drug-likeness (QED) is 0.551. The van der Waals surface area contributed by atoms with E-state index >= 15 is 0 Å². The Morgan fingerprint density at radius 1 is 1.70 bits per heavy atom. The average Bonchev–Trinajstić information content (AvgIpc) is 1.93. The van der Waals surface area contributed by atoms with Gasteiger partial charge in [0.2, 0.25) is 0 Å². The Hall–Kier alpha value is -0.900. The molecule has 4 heteroatoms. The van der Waals surface area contributed by atoms with Crippen molar-refractivity contribution in [1.82, 2.24) is 0 Å². The highest BCUT2D eigenvalue weighted by molar-refractivity contribution is 5.76. The minimum absolute atomic E-state index is 0.116. The summed E-state index contributed by atoms with van der Waals surface area (Å²) in [7, 11) is 0. The van der Waals surface area contributed by atoms with Gasteiger partial charge in [-0.05, 0) is 0 Å². The van der Waals surface area contributed by atoms with Crippen LogP contribution in [0.2, 0.25) is 0 Å². The van der Waals surface area contributed by atoms with Crippen molar-refractivity contribution in [3.63, 3.8) is 0 Å². The third-order valence-corrected chi connectivity index (χ3v) is 0.667. The highest BCUT2D eigenvalue weighted by Gasteiger charge is 2.08. The summed E-state index contributed by atoms with van der Waals surface area (Å²) in [5.74, 6) is -1.14. The van der Waals surface area contributed by atoms with Gasteiger partial charge in [-0.25, -0.2) is 0 Å². The number of aliphatic carboxylic acids is 1. The molecule has 0 bridgehead atoms. The number of hydrogen-bond acceptors (Lipinski definition) is 3. The molecule has 0 aliphatic carbocycles. The number of carboxylic acid groups (broad SMARTS) is 1. The zero-order valence-electron chi connectivity index (χ0n) is 6.20. The SMILES string of the molecule is CC.N[C@@H](CC=O)C(=O)O. The summed E-state index contributed by atoms with van der Waals surface area (Å²) in [5.41, 5.74) is 4.90. The second-order valence-electron chi connectivity index (χ2n) is 1.35. The van der Waals surface area contributed by atoms with Gasteiger partial charge in [0.25, 0.3) is 0 Å². The van der Waals surface area contributed by atoms with Crippen LogP contribution in [0.5, 0.6) is 0 Å². The highest BCUT2D eigenvalue weighted by Crippen LogP contribution is 1.80. The topological polar surface area (TPSA) is 80.4 Å². The molecule has 10 heavy (non-hydrogen) atoms. The van der Waals surface area contributed by atoms with E-state index in [0.717, 1.165) is 0 Å². The molecule has 3 N–H and O–H groups in total. The molecule has 0 unspecified atom stereocenters. The molecule has 60 valence electrons. The zero-order valence-corrected chi connectivity index (χ0v) is 6.20. The average molecular weight is 147 g/mol. The normalized spacial score (nSPS) is 10.7. The van der Waals surface area contributed by atoms with Crippen molar-refractivity contribution in [2.24, 2.45) is 5.73 Å². The minimum Gasteiger partial charge on any atom is -0.480 e. The fourth-order valence-electron chi connectivity index (χ4n) is 0.204. The molecule has 0 aliphatic heterocycles. The molecule has 0 aromatic carbocycles. The van der Waals surface area contributed by atoms with Crippen LogP contribution in [0.15, 0.2) is 0 Å². The maximum absolute atomic E-state index is 9.81. The lowest BCUT2D eigenvalue weighted by molar-refractivity contribution is -0.139. The second-order valence-corrected chi connectivity index (χ2v) is 1.35. The molecule has 0 radical (unpaired) electrons. The maximum Gasteiger partial charge on any atom is 0.320 e. The van der Waals surface area contributed by atoms with Crippen molar-refractivity contribution >= 4 is 12.3 Å². The van der Waals surface area contributed by atoms with E-state index in [4.69, 9.17) is 10.8 Å². The molecule has 0 rings (SSSR count). The van der Waals surface area contributed by atoms with Crippen molar-refractivity contribution < 1.29 is 14.7 Å². The van der Waals surface area contributed by atoms with Gasteiger partial charge in [-0.1, -0.05) is 13.8 Å². The summed E-state index contributed by atoms with van der Waals surface area (Å²) >= 11 is 0. The first-order valence-electron chi connectivity index (χ1n) is 3.10. The van der Waals surface area contributed by atoms with E-state index in [1.165, 1.54) is 0 Å². The molecule has 0 saturated carbocycles. The van der Waals surface area contributed by atoms with Gasteiger partial charge in [-0.15, -0.1) is 0 Å². The summed E-state index contributed by atoms with van der Waals surface area (Å²) in [5, 5.41) is 8.03. The van der Waals surface area contributed by atoms with Crippen LogP contribution >= 0.6 is 0 Å². The van der Waals surface area contributed by atoms with Gasteiger partial charge in [0, 0.05) is 6.42 Å². The van der Waals surface area contributed by atoms with Crippen molar-refractivity contribution in [1.29, 1.82) is 0 Å². The third-order valence-electron chi connectivity index (χ3n) is 0.667. The van der Waals surface area contributed by atoms with Crippen LogP contribution in [-0.2, 0) is 9.59 Å². The molecule has 1 atom stereocenters. The van der Waals surface area contributed by atoms with E-state index in [1.54, 1.807) is 0 Å². The lowest BCUT2D eigenvalue weighted by Crippen LogP contribution is -2.30. The Balaban J connectivity index is 0. The number of carboxylic acids is 1. The third kappa shape index (κ3) is 7.10. The number of rotatable bonds is 3. The van der Waals surface area contributed by atoms with Gasteiger partial charge >= 0.3 is 5.97 Å². The monoisotopic (exact) mass is 147 g/mol. The Kier molecular flexibility index (Phi) is 9.59. The molecule has 0 spiro atoms. The molecule has 0 fully saturated rings. The molecule has 0 aromatic rings. The zero-order chi connectivity index (χ0) is 8.57. The Morgan fingerprint density at radius 3 is 2.20 bits per heavy atom. The van der Waals surface area contributed by atoms with Crippen molar-refractivity contribution in [3.05, 3.63) is 0 Å². The first-order chi connectivity index (χ1) is 4.68. The first-order valence-corrected chi connectivity index (χ1v) is 3.10. The van der Waals surface area contributed by atoms with Crippen LogP contribution in [0.25, 0.3) is 0 Å². The summed E-state index contributed by atoms with van der Waals surface area (Å²) in [6.07, 6.45) is 0.369. The van der Waals surface area contributed by atoms with Crippen molar-refractivity contribution in [2.45, 2.75) is 26.3 Å². The van der Waals surface area contributed by atoms with Crippen LogP contribution in [0, 0.1) is 0 Å². The largest absolute Gasteiger partial charge is 0.480 e. The Labute approximate surface area is 60.0 Å². The smallest absolute Gasteiger partial charge is 0.320 e. The first kappa shape index (κ1) is 11.8. The summed E-state index contributed by atoms with van der Waals surface area (Å²) < 4.78 is 0. The van der Waals surface area contributed by atoms with Gasteiger partial charge in [0.05, 0.1) is 0 Å². The summed E-state index contributed by atoms with van der Waals surface area (Å²) in [6.45, 7) is 4.00. The number of hydrogen-bond donors (Lipinski definition) is 2. The predicted octanol–water partition coefficient (Wildman–Crippen LogP) is 0.0135. The lowest BCUT2D eigenvalue weighted by Gasteiger charge is -1.96. The lowest BCUT2D eigenvalue weighted by atomic mass is 10.2. The molecule has 0 saturated heterocycles. The van der Waals surface area contributed by atoms with E-state index in [1.807, 2.05) is 13.8 Å². The molecule has 0 aromatic heterocycles. The number of carbonyl (C=O) groups is 2. The Morgan fingerprint density at radius 2 is 2.10 bits per heavy atom. The van der Waals surface area contributed by atoms with Crippen LogP contribution in [0.4, 0.5) is 0 Å². The molecular formula is C6H13NO3. The highest BCUT2D eigenvalue weighted by atomic mass is 16.4. The van der Waals surface area contributed by atoms with Crippen molar-refractivity contribution in [3.8, 4) is 0 Å². The van der Waals surface area contributed by atoms with Crippen LogP contribution in [0.3, 0.4) is 0 Å². The molecule has 4 nitrogen and oxygen atoms in total. The van der Waals surface area contributed by atoms with Gasteiger partial charge in [-0.3, -0.25) is 4.79 Å². The van der Waals surface area contributed by atoms with Gasteiger partial charge < -0.3 is 15.6 Å². The standard InChI is InChI=1S/C4H7NO3.C2H6/c5-3(1-2-6)4(7)8;1-2/h2-3H,1,5H2,(H,7,8);1-2H3/t3-;/m0./s1.